The maximum atomic E-state index is 13.3. The molecule has 1 amide bonds. The monoisotopic (exact) mass is 1300 g/mol. The molecule has 0 radical (unpaired) electrons. The first kappa shape index (κ1) is 88.4. The first-order chi connectivity index (χ1) is 44.6. The summed E-state index contributed by atoms with van der Waals surface area (Å²) in [4.78, 5) is 45.0. The van der Waals surface area contributed by atoms with Crippen LogP contribution in [0.15, 0.2) is 85.1 Å². The lowest BCUT2D eigenvalue weighted by atomic mass is 9.81. The Balaban J connectivity index is 4.22. The number of ether oxygens (including phenoxy) is 1. The summed E-state index contributed by atoms with van der Waals surface area (Å²) in [6, 6.07) is 0. The maximum absolute atomic E-state index is 13.3. The molecule has 0 saturated heterocycles. The van der Waals surface area contributed by atoms with E-state index in [9.17, 15) is 14.4 Å². The Labute approximate surface area is 575 Å². The van der Waals surface area contributed by atoms with E-state index in [1.54, 1.807) is 11.8 Å². The fraction of sp³-hybridized carbons (Fsp3) is 0.793. The van der Waals surface area contributed by atoms with Gasteiger partial charge in [-0.25, -0.2) is 0 Å². The summed E-state index contributed by atoms with van der Waals surface area (Å²) in [5, 5.41) is 0.683. The summed E-state index contributed by atoms with van der Waals surface area (Å²) in [7, 11) is 8.32. The molecule has 0 aliphatic rings. The first-order valence-electron chi connectivity index (χ1n) is 38.7. The summed E-state index contributed by atoms with van der Waals surface area (Å²) < 4.78 is 5.38. The van der Waals surface area contributed by atoms with Crippen LogP contribution in [0.4, 0.5) is 4.79 Å². The average Bonchev–Trinajstić information content (AvgIpc) is 3.74. The number of esters is 1. The van der Waals surface area contributed by atoms with Crippen molar-refractivity contribution in [2.75, 3.05) is 72.5 Å². The van der Waals surface area contributed by atoms with Gasteiger partial charge in [0.25, 0.3) is 5.24 Å². The summed E-state index contributed by atoms with van der Waals surface area (Å²) in [5.41, 5.74) is 0. The summed E-state index contributed by atoms with van der Waals surface area (Å²) in [5.74, 6) is 3.60. The molecule has 528 valence electrons. The number of hydrogen-bond donors (Lipinski definition) is 0. The van der Waals surface area contributed by atoms with Gasteiger partial charge in [0.15, 0.2) is 5.12 Å². The molecule has 9 heteroatoms. The number of unbranched alkanes of at least 4 members (excludes halogenated alkanes) is 29. The quantitative estimate of drug-likeness (QED) is 0.0339. The van der Waals surface area contributed by atoms with Gasteiger partial charge in [0.05, 0.1) is 0 Å². The second-order valence-corrected chi connectivity index (χ2v) is 29.1. The van der Waals surface area contributed by atoms with Crippen LogP contribution < -0.4 is 0 Å². The van der Waals surface area contributed by atoms with Crippen molar-refractivity contribution in [1.29, 1.82) is 0 Å². The molecule has 0 heterocycles. The highest BCUT2D eigenvalue weighted by Crippen LogP contribution is 2.30. The minimum Gasteiger partial charge on any atom is -0.461 e. The van der Waals surface area contributed by atoms with Crippen LogP contribution >= 0.6 is 23.5 Å². The Morgan fingerprint density at radius 2 is 0.692 bits per heavy atom. The van der Waals surface area contributed by atoms with E-state index in [2.05, 4.69) is 150 Å². The Bertz CT molecular complexity index is 1800. The van der Waals surface area contributed by atoms with Gasteiger partial charge in [0.2, 0.25) is 0 Å². The molecule has 0 spiro atoms. The number of carbonyl (C=O) groups is 3. The van der Waals surface area contributed by atoms with Crippen molar-refractivity contribution in [3.8, 4) is 0 Å². The van der Waals surface area contributed by atoms with Crippen LogP contribution in [0.2, 0.25) is 0 Å². The highest BCUT2D eigenvalue weighted by Gasteiger charge is 2.20. The SMILES string of the molecule is CCCCCC/C=C\C/C=C\CCCCCCC[C@@H](CCCCCCC/C=C\C/C=C\CCCC(CC)C(CC)CCC/C=C\C/C=C\CCCCCCCN(CCCCCCCC(=O)OC/C=C\CCCCCC)C(=O)SCCN(C)C)C(=O)SCCN(C)C. The zero-order chi connectivity index (χ0) is 66.4. The molecule has 0 aliphatic carbocycles. The predicted octanol–water partition coefficient (Wildman–Crippen LogP) is 25.2. The standard InChI is InChI=1S/C82H149N3O4S2/c1-9-13-15-17-19-20-21-22-23-24-27-34-39-44-51-59-67-79(81(87)90-75-72-83(5)6)68-60-52-45-40-35-29-25-28-32-37-42-49-57-65-77(11-3)78(12-4)66-58-50-43-38-33-30-26-31-36-41-46-54-62-70-85(82(88)91-76-73-84(7)8)71-63-55-48-53-61-69-80(86)89-74-64-56-47-18-16-14-10-2/h20-21,23-26,28,30,37-38,42-43,56,64,77-79H,9-19,22,27,29,31-36,39-41,44-55,57-63,65-76H2,1-8H3/b21-20-,24-23-,28-25-,30-26-,42-37-,43-38-,64-56-/t77?,78?,79-/m0/s1. The Kier molecular flexibility index (Phi) is 69.7. The van der Waals surface area contributed by atoms with E-state index in [1.807, 2.05) is 6.08 Å². The molecule has 2 unspecified atom stereocenters. The number of allylic oxidation sites excluding steroid dienone is 13. The third kappa shape index (κ3) is 64.5. The smallest absolute Gasteiger partial charge is 0.306 e. The van der Waals surface area contributed by atoms with Gasteiger partial charge in [-0.15, -0.1) is 0 Å². The van der Waals surface area contributed by atoms with E-state index >= 15 is 0 Å². The maximum Gasteiger partial charge on any atom is 0.306 e. The van der Waals surface area contributed by atoms with Crippen LogP contribution in [0, 0.1) is 17.8 Å². The molecule has 0 saturated carbocycles. The van der Waals surface area contributed by atoms with Gasteiger partial charge in [-0.05, 0) is 194 Å². The van der Waals surface area contributed by atoms with E-state index in [0.717, 1.165) is 133 Å². The highest BCUT2D eigenvalue weighted by atomic mass is 32.2. The van der Waals surface area contributed by atoms with E-state index < -0.39 is 0 Å². The van der Waals surface area contributed by atoms with Crippen molar-refractivity contribution in [3.05, 3.63) is 85.1 Å². The van der Waals surface area contributed by atoms with Crippen molar-refractivity contribution < 1.29 is 19.1 Å². The molecule has 0 rings (SSSR count). The molecule has 0 bridgehead atoms. The molecule has 3 atom stereocenters. The molecule has 0 N–H and O–H groups in total. The normalized spacial score (nSPS) is 13.4. The van der Waals surface area contributed by atoms with Crippen molar-refractivity contribution >= 4 is 39.8 Å². The van der Waals surface area contributed by atoms with E-state index in [1.165, 1.54) is 224 Å². The van der Waals surface area contributed by atoms with Gasteiger partial charge in [0.1, 0.15) is 6.61 Å². The van der Waals surface area contributed by atoms with Crippen LogP contribution in [0.1, 0.15) is 329 Å². The Morgan fingerprint density at radius 1 is 0.352 bits per heavy atom. The molecular formula is C82H149N3O4S2. The van der Waals surface area contributed by atoms with Crippen molar-refractivity contribution in [2.24, 2.45) is 17.8 Å². The third-order valence-corrected chi connectivity index (χ3v) is 19.9. The summed E-state index contributed by atoms with van der Waals surface area (Å²) in [6.07, 6.45) is 88.9. The molecule has 7 nitrogen and oxygen atoms in total. The predicted molar refractivity (Wildman–Crippen MR) is 409 cm³/mol. The summed E-state index contributed by atoms with van der Waals surface area (Å²) >= 11 is 3.06. The van der Waals surface area contributed by atoms with Crippen LogP contribution in [0.5, 0.6) is 0 Å². The van der Waals surface area contributed by atoms with E-state index in [4.69, 9.17) is 4.74 Å². The van der Waals surface area contributed by atoms with Gasteiger partial charge in [0, 0.05) is 50.0 Å². The van der Waals surface area contributed by atoms with Gasteiger partial charge in [-0.1, -0.05) is 278 Å². The Morgan fingerprint density at radius 3 is 1.09 bits per heavy atom. The van der Waals surface area contributed by atoms with Crippen LogP contribution in [0.3, 0.4) is 0 Å². The minimum absolute atomic E-state index is 0.0899. The van der Waals surface area contributed by atoms with Crippen LogP contribution in [0.25, 0.3) is 0 Å². The topological polar surface area (TPSA) is 70.2 Å². The van der Waals surface area contributed by atoms with E-state index in [0.29, 0.717) is 18.1 Å². The molecule has 91 heavy (non-hydrogen) atoms. The highest BCUT2D eigenvalue weighted by molar-refractivity contribution is 8.13. The second kappa shape index (κ2) is 71.7. The number of nitrogens with zero attached hydrogens (tertiary/aromatic N) is 3. The van der Waals surface area contributed by atoms with Crippen LogP contribution in [-0.2, 0) is 14.3 Å². The zero-order valence-electron chi connectivity index (χ0n) is 61.3. The van der Waals surface area contributed by atoms with Gasteiger partial charge in [-0.3, -0.25) is 14.4 Å². The van der Waals surface area contributed by atoms with E-state index in [-0.39, 0.29) is 17.1 Å². The number of thioether (sulfide) groups is 2. The lowest BCUT2D eigenvalue weighted by Gasteiger charge is -2.25. The lowest BCUT2D eigenvalue weighted by molar-refractivity contribution is -0.142. The molecule has 0 aromatic carbocycles. The molecule has 0 aliphatic heterocycles. The number of carbonyl (C=O) groups excluding carboxylic acids is 3. The Hall–Kier alpha value is -2.59. The largest absolute Gasteiger partial charge is 0.461 e. The fourth-order valence-electron chi connectivity index (χ4n) is 11.9. The fourth-order valence-corrected chi connectivity index (χ4v) is 14.1. The number of rotatable bonds is 68. The van der Waals surface area contributed by atoms with Crippen LogP contribution in [-0.4, -0.2) is 104 Å². The summed E-state index contributed by atoms with van der Waals surface area (Å²) in [6.45, 7) is 13.3. The molecule has 0 fully saturated rings. The first-order valence-corrected chi connectivity index (χ1v) is 40.6. The number of hydrogen-bond acceptors (Lipinski definition) is 8. The second-order valence-electron chi connectivity index (χ2n) is 26.9. The van der Waals surface area contributed by atoms with Gasteiger partial charge >= 0.3 is 5.97 Å². The molecular weight excluding hydrogens is 1160 g/mol. The third-order valence-electron chi connectivity index (χ3n) is 18.0. The zero-order valence-corrected chi connectivity index (χ0v) is 62.9. The van der Waals surface area contributed by atoms with Crippen molar-refractivity contribution in [3.63, 3.8) is 0 Å². The number of amides is 1. The minimum atomic E-state index is -0.0899. The lowest BCUT2D eigenvalue weighted by Crippen LogP contribution is -2.30. The van der Waals surface area contributed by atoms with Crippen molar-refractivity contribution in [1.82, 2.24) is 14.7 Å². The van der Waals surface area contributed by atoms with Gasteiger partial charge in [-0.2, -0.15) is 0 Å². The molecule has 0 aromatic rings. The van der Waals surface area contributed by atoms with Crippen molar-refractivity contribution in [2.45, 2.75) is 329 Å². The molecule has 0 aromatic heterocycles. The average molecular weight is 1310 g/mol. The van der Waals surface area contributed by atoms with Gasteiger partial charge < -0.3 is 19.4 Å².